The first-order valence-electron chi connectivity index (χ1n) is 6.62. The lowest BCUT2D eigenvalue weighted by molar-refractivity contribution is 0.0904. The molecule has 19 heavy (non-hydrogen) atoms. The Morgan fingerprint density at radius 2 is 2.05 bits per heavy atom. The van der Waals surface area contributed by atoms with Crippen LogP contribution >= 0.6 is 0 Å². The fourth-order valence-electron chi connectivity index (χ4n) is 2.39. The molecule has 0 aliphatic carbocycles. The molecule has 0 saturated carbocycles. The number of rotatable bonds is 3. The van der Waals surface area contributed by atoms with Crippen molar-refractivity contribution in [2.45, 2.75) is 18.9 Å². The summed E-state index contributed by atoms with van der Waals surface area (Å²) < 4.78 is 7.33. The number of benzene rings is 1. The van der Waals surface area contributed by atoms with Gasteiger partial charge in [0, 0.05) is 37.6 Å². The standard InChI is InChI=1S/C14H18N4O/c1-18-10-15-17-14(18)12-4-2-3-5-13(12)16-11-6-8-19-9-7-11/h2-5,10-11,16H,6-9H2,1H3. The van der Waals surface area contributed by atoms with Crippen LogP contribution < -0.4 is 5.32 Å². The molecule has 2 aromatic rings. The van der Waals surface area contributed by atoms with Gasteiger partial charge in [0.1, 0.15) is 6.33 Å². The number of hydrogen-bond donors (Lipinski definition) is 1. The zero-order valence-electron chi connectivity index (χ0n) is 11.0. The molecule has 1 fully saturated rings. The molecular weight excluding hydrogens is 240 g/mol. The smallest absolute Gasteiger partial charge is 0.165 e. The van der Waals surface area contributed by atoms with E-state index in [0.29, 0.717) is 6.04 Å². The molecule has 5 nitrogen and oxygen atoms in total. The minimum absolute atomic E-state index is 0.475. The summed E-state index contributed by atoms with van der Waals surface area (Å²) in [5.74, 6) is 0.884. The lowest BCUT2D eigenvalue weighted by Crippen LogP contribution is -2.28. The van der Waals surface area contributed by atoms with Crippen molar-refractivity contribution >= 4 is 5.69 Å². The molecule has 3 rings (SSSR count). The summed E-state index contributed by atoms with van der Waals surface area (Å²) in [6, 6.07) is 8.72. The summed E-state index contributed by atoms with van der Waals surface area (Å²) in [6.45, 7) is 1.67. The molecule has 1 saturated heterocycles. The first kappa shape index (κ1) is 12.2. The average Bonchev–Trinajstić information content (AvgIpc) is 2.87. The monoisotopic (exact) mass is 258 g/mol. The molecule has 0 bridgehead atoms. The molecule has 0 amide bonds. The maximum Gasteiger partial charge on any atom is 0.165 e. The average molecular weight is 258 g/mol. The fourth-order valence-corrected chi connectivity index (χ4v) is 2.39. The summed E-state index contributed by atoms with van der Waals surface area (Å²) in [6.07, 6.45) is 3.82. The minimum atomic E-state index is 0.475. The van der Waals surface area contributed by atoms with Gasteiger partial charge in [0.15, 0.2) is 5.82 Å². The second-order valence-corrected chi connectivity index (χ2v) is 4.84. The highest BCUT2D eigenvalue weighted by atomic mass is 16.5. The third-order valence-corrected chi connectivity index (χ3v) is 3.46. The highest BCUT2D eigenvalue weighted by Gasteiger charge is 2.16. The number of anilines is 1. The van der Waals surface area contributed by atoms with Crippen molar-refractivity contribution in [3.63, 3.8) is 0 Å². The third kappa shape index (κ3) is 2.61. The Kier molecular flexibility index (Phi) is 3.46. The van der Waals surface area contributed by atoms with Gasteiger partial charge in [-0.25, -0.2) is 0 Å². The Labute approximate surface area is 112 Å². The van der Waals surface area contributed by atoms with E-state index in [1.54, 1.807) is 6.33 Å². The maximum absolute atomic E-state index is 5.39. The van der Waals surface area contributed by atoms with Crippen LogP contribution in [0.2, 0.25) is 0 Å². The zero-order chi connectivity index (χ0) is 13.1. The van der Waals surface area contributed by atoms with E-state index in [1.165, 1.54) is 0 Å². The first-order chi connectivity index (χ1) is 9.34. The van der Waals surface area contributed by atoms with Crippen molar-refractivity contribution in [3.8, 4) is 11.4 Å². The number of nitrogens with one attached hydrogen (secondary N) is 1. The minimum Gasteiger partial charge on any atom is -0.382 e. The van der Waals surface area contributed by atoms with Gasteiger partial charge in [-0.15, -0.1) is 10.2 Å². The van der Waals surface area contributed by atoms with Crippen molar-refractivity contribution in [3.05, 3.63) is 30.6 Å². The first-order valence-corrected chi connectivity index (χ1v) is 6.62. The van der Waals surface area contributed by atoms with Crippen molar-refractivity contribution in [1.82, 2.24) is 14.8 Å². The van der Waals surface area contributed by atoms with Crippen LogP contribution in [0.15, 0.2) is 30.6 Å². The van der Waals surface area contributed by atoms with Gasteiger partial charge in [0.05, 0.1) is 0 Å². The van der Waals surface area contributed by atoms with Crippen LogP contribution in [0.1, 0.15) is 12.8 Å². The molecule has 0 unspecified atom stereocenters. The third-order valence-electron chi connectivity index (χ3n) is 3.46. The molecule has 5 heteroatoms. The molecule has 1 aliphatic rings. The molecule has 0 radical (unpaired) electrons. The molecule has 1 aromatic heterocycles. The molecule has 0 atom stereocenters. The Hall–Kier alpha value is -1.88. The van der Waals surface area contributed by atoms with Crippen LogP contribution in [0.3, 0.4) is 0 Å². The topological polar surface area (TPSA) is 52.0 Å². The molecule has 1 aliphatic heterocycles. The second-order valence-electron chi connectivity index (χ2n) is 4.84. The molecule has 2 heterocycles. The number of nitrogens with zero attached hydrogens (tertiary/aromatic N) is 3. The number of hydrogen-bond acceptors (Lipinski definition) is 4. The lowest BCUT2D eigenvalue weighted by Gasteiger charge is -2.25. The van der Waals surface area contributed by atoms with Gasteiger partial charge in [0.2, 0.25) is 0 Å². The number of para-hydroxylation sites is 1. The molecule has 0 spiro atoms. The Morgan fingerprint density at radius 3 is 2.79 bits per heavy atom. The summed E-state index contributed by atoms with van der Waals surface area (Å²) in [4.78, 5) is 0. The molecular formula is C14H18N4O. The van der Waals surface area contributed by atoms with Crippen LogP contribution in [0.5, 0.6) is 0 Å². The van der Waals surface area contributed by atoms with E-state index in [0.717, 1.165) is 43.1 Å². The number of aromatic nitrogens is 3. The number of aryl methyl sites for hydroxylation is 1. The van der Waals surface area contributed by atoms with Crippen LogP contribution in [0.4, 0.5) is 5.69 Å². The zero-order valence-corrected chi connectivity index (χ0v) is 11.0. The van der Waals surface area contributed by atoms with Gasteiger partial charge in [-0.1, -0.05) is 12.1 Å². The summed E-state index contributed by atoms with van der Waals surface area (Å²) in [5.41, 5.74) is 2.21. The number of ether oxygens (including phenoxy) is 1. The van der Waals surface area contributed by atoms with Crippen LogP contribution in [-0.4, -0.2) is 34.0 Å². The quantitative estimate of drug-likeness (QED) is 0.915. The van der Waals surface area contributed by atoms with Crippen molar-refractivity contribution in [2.24, 2.45) is 7.05 Å². The van der Waals surface area contributed by atoms with Gasteiger partial charge in [-0.3, -0.25) is 0 Å². The van der Waals surface area contributed by atoms with E-state index in [2.05, 4.69) is 27.6 Å². The SMILES string of the molecule is Cn1cnnc1-c1ccccc1NC1CCOCC1. The van der Waals surface area contributed by atoms with Crippen molar-refractivity contribution in [2.75, 3.05) is 18.5 Å². The predicted molar refractivity (Wildman–Crippen MR) is 73.9 cm³/mol. The molecule has 1 aromatic carbocycles. The Bertz CT molecular complexity index is 546. The van der Waals surface area contributed by atoms with E-state index in [4.69, 9.17) is 4.74 Å². The van der Waals surface area contributed by atoms with Crippen LogP contribution in [0, 0.1) is 0 Å². The van der Waals surface area contributed by atoms with E-state index in [-0.39, 0.29) is 0 Å². The van der Waals surface area contributed by atoms with Gasteiger partial charge >= 0.3 is 0 Å². The highest BCUT2D eigenvalue weighted by molar-refractivity contribution is 5.73. The fraction of sp³-hybridized carbons (Fsp3) is 0.429. The molecule has 100 valence electrons. The van der Waals surface area contributed by atoms with E-state index < -0.39 is 0 Å². The van der Waals surface area contributed by atoms with Crippen LogP contribution in [-0.2, 0) is 11.8 Å². The lowest BCUT2D eigenvalue weighted by atomic mass is 10.1. The van der Waals surface area contributed by atoms with Gasteiger partial charge in [0.25, 0.3) is 0 Å². The summed E-state index contributed by atoms with van der Waals surface area (Å²) >= 11 is 0. The Morgan fingerprint density at radius 1 is 1.26 bits per heavy atom. The maximum atomic E-state index is 5.39. The Balaban J connectivity index is 1.87. The predicted octanol–water partition coefficient (Wildman–Crippen LogP) is 2.07. The van der Waals surface area contributed by atoms with E-state index in [1.807, 2.05) is 23.7 Å². The summed E-state index contributed by atoms with van der Waals surface area (Å²) in [7, 11) is 1.96. The van der Waals surface area contributed by atoms with E-state index >= 15 is 0 Å². The van der Waals surface area contributed by atoms with Gasteiger partial charge in [-0.2, -0.15) is 0 Å². The van der Waals surface area contributed by atoms with Crippen molar-refractivity contribution in [1.29, 1.82) is 0 Å². The highest BCUT2D eigenvalue weighted by Crippen LogP contribution is 2.27. The normalized spacial score (nSPS) is 16.5. The second kappa shape index (κ2) is 5.40. The largest absolute Gasteiger partial charge is 0.382 e. The van der Waals surface area contributed by atoms with Gasteiger partial charge in [-0.05, 0) is 25.0 Å². The van der Waals surface area contributed by atoms with Crippen molar-refractivity contribution < 1.29 is 4.74 Å². The summed E-state index contributed by atoms with van der Waals surface area (Å²) in [5, 5.41) is 11.7. The molecule has 1 N–H and O–H groups in total. The van der Waals surface area contributed by atoms with E-state index in [9.17, 15) is 0 Å². The van der Waals surface area contributed by atoms with Crippen LogP contribution in [0.25, 0.3) is 11.4 Å². The van der Waals surface area contributed by atoms with Gasteiger partial charge < -0.3 is 14.6 Å².